The van der Waals surface area contributed by atoms with Crippen molar-refractivity contribution in [3.05, 3.63) is 112 Å². The van der Waals surface area contributed by atoms with Crippen LogP contribution in [-0.2, 0) is 30.4 Å². The Bertz CT molecular complexity index is 2140. The monoisotopic (exact) mass is 765 g/mol. The first kappa shape index (κ1) is 38.7. The lowest BCUT2D eigenvalue weighted by atomic mass is 9.90. The second-order valence-corrected chi connectivity index (χ2v) is 14.0. The van der Waals surface area contributed by atoms with Gasteiger partial charge in [0.2, 0.25) is 23.6 Å². The molecule has 1 heterocycles. The molecule has 4 bridgehead atoms. The molecule has 6 rings (SSSR count). The van der Waals surface area contributed by atoms with Crippen LogP contribution in [0.3, 0.4) is 0 Å². The van der Waals surface area contributed by atoms with Gasteiger partial charge >= 0.3 is 0 Å². The Kier molecular flexibility index (Phi) is 11.9. The Labute approximate surface area is 322 Å². The number of aromatic hydroxyl groups is 1. The molecule has 14 heteroatoms. The summed E-state index contributed by atoms with van der Waals surface area (Å²) in [7, 11) is 1.42. The summed E-state index contributed by atoms with van der Waals surface area (Å²) in [4.78, 5) is 79.9. The summed E-state index contributed by atoms with van der Waals surface area (Å²) in [5.41, 5.74) is 5.13. The van der Waals surface area contributed by atoms with Gasteiger partial charge in [-0.05, 0) is 94.6 Å². The molecule has 4 aromatic carbocycles. The maximum Gasteiger partial charge on any atom is 0.251 e. The van der Waals surface area contributed by atoms with Gasteiger partial charge in [0.25, 0.3) is 5.91 Å². The number of carbonyl (C=O) groups excluding carboxylic acids is 6. The second-order valence-electron chi connectivity index (χ2n) is 13.6. The number of rotatable bonds is 10. The van der Waals surface area contributed by atoms with E-state index in [1.54, 1.807) is 60.7 Å². The molecule has 6 N–H and O–H groups in total. The highest BCUT2D eigenvalue weighted by Gasteiger charge is 2.33. The van der Waals surface area contributed by atoms with E-state index in [1.807, 2.05) is 18.2 Å². The van der Waals surface area contributed by atoms with Crippen LogP contribution in [0.25, 0.3) is 22.3 Å². The number of Topliss-reactive ketones (excluding diaryl/α,β-unsaturated/α-hetero) is 1. The number of nitrogens with zero attached hydrogens (tertiary/aromatic N) is 1. The topological polar surface area (TPSA) is 194 Å². The molecule has 1 aliphatic heterocycles. The van der Waals surface area contributed by atoms with Crippen LogP contribution in [0.2, 0.25) is 5.02 Å². The Morgan fingerprint density at radius 3 is 2.22 bits per heavy atom. The largest absolute Gasteiger partial charge is 0.507 e. The minimum absolute atomic E-state index is 0.0113. The molecule has 0 saturated heterocycles. The number of phenols is 1. The van der Waals surface area contributed by atoms with Crippen LogP contribution in [-0.4, -0.2) is 89.8 Å². The minimum atomic E-state index is -1.26. The van der Waals surface area contributed by atoms with E-state index in [2.05, 4.69) is 21.3 Å². The molecule has 2 unspecified atom stereocenters. The standard InChI is InChI=1S/C41H40ClN5O8/c1-47(37(52)21-45-39(53)27-7-3-24(4-8-27)25-9-12-29(42)13-10-25)38-28-11-14-31(26-5-6-26)32(18-28)33-16-23(2-15-35(33)50)17-34(40(54)43-19-30(49)22-48)46-36(51)20-44-41(38)55/h2-4,7-16,18,26,34,38,48,50H,5-6,17,19-22H2,1H3,(H,43,54)(H,44,55)(H,45,53)(H,46,51). The predicted octanol–water partition coefficient (Wildman–Crippen LogP) is 3.02. The van der Waals surface area contributed by atoms with Crippen molar-refractivity contribution < 1.29 is 39.0 Å². The smallest absolute Gasteiger partial charge is 0.251 e. The third-order valence-electron chi connectivity index (χ3n) is 9.67. The third kappa shape index (κ3) is 9.37. The molecule has 1 fully saturated rings. The molecule has 55 heavy (non-hydrogen) atoms. The maximum absolute atomic E-state index is 13.9. The number of likely N-dealkylation sites (N-methyl/N-ethyl adjacent to an activating group) is 1. The Balaban J connectivity index is 1.26. The van der Waals surface area contributed by atoms with Gasteiger partial charge < -0.3 is 36.4 Å². The summed E-state index contributed by atoms with van der Waals surface area (Å²) >= 11 is 6.00. The molecule has 1 aliphatic carbocycles. The lowest BCUT2D eigenvalue weighted by Crippen LogP contribution is -2.52. The van der Waals surface area contributed by atoms with Crippen LogP contribution < -0.4 is 21.3 Å². The van der Waals surface area contributed by atoms with Crippen molar-refractivity contribution in [2.45, 2.75) is 37.3 Å². The molecule has 2 aliphatic rings. The summed E-state index contributed by atoms with van der Waals surface area (Å²) in [5, 5.41) is 31.0. The number of nitrogens with one attached hydrogen (secondary N) is 4. The Morgan fingerprint density at radius 2 is 1.55 bits per heavy atom. The van der Waals surface area contributed by atoms with Gasteiger partial charge in [0, 0.05) is 29.6 Å². The summed E-state index contributed by atoms with van der Waals surface area (Å²) < 4.78 is 0. The summed E-state index contributed by atoms with van der Waals surface area (Å²) in [5.74, 6) is -3.66. The van der Waals surface area contributed by atoms with Gasteiger partial charge in [0.05, 0.1) is 19.6 Å². The zero-order valence-corrected chi connectivity index (χ0v) is 30.7. The van der Waals surface area contributed by atoms with Gasteiger partial charge in [0.15, 0.2) is 5.78 Å². The molecule has 0 radical (unpaired) electrons. The fourth-order valence-corrected chi connectivity index (χ4v) is 6.63. The zero-order chi connectivity index (χ0) is 39.2. The van der Waals surface area contributed by atoms with Crippen molar-refractivity contribution in [1.29, 1.82) is 0 Å². The average molecular weight is 766 g/mol. The first-order valence-corrected chi connectivity index (χ1v) is 18.1. The fraction of sp³-hybridized carbons (Fsp3) is 0.268. The number of benzene rings is 4. The van der Waals surface area contributed by atoms with E-state index in [4.69, 9.17) is 16.7 Å². The van der Waals surface area contributed by atoms with Crippen molar-refractivity contribution >= 4 is 46.9 Å². The van der Waals surface area contributed by atoms with Crippen LogP contribution in [0.15, 0.2) is 84.9 Å². The van der Waals surface area contributed by atoms with E-state index in [0.29, 0.717) is 32.8 Å². The highest BCUT2D eigenvalue weighted by atomic mass is 35.5. The van der Waals surface area contributed by atoms with E-state index in [0.717, 1.165) is 29.5 Å². The summed E-state index contributed by atoms with van der Waals surface area (Å²) in [6.45, 7) is -2.20. The maximum atomic E-state index is 13.9. The van der Waals surface area contributed by atoms with E-state index < -0.39 is 73.6 Å². The van der Waals surface area contributed by atoms with Crippen LogP contribution in [0.4, 0.5) is 0 Å². The van der Waals surface area contributed by atoms with Crippen molar-refractivity contribution in [2.24, 2.45) is 0 Å². The first-order valence-electron chi connectivity index (χ1n) is 17.7. The van der Waals surface area contributed by atoms with Gasteiger partial charge in [-0.15, -0.1) is 0 Å². The van der Waals surface area contributed by atoms with E-state index in [9.17, 15) is 33.9 Å². The highest BCUT2D eigenvalue weighted by molar-refractivity contribution is 6.30. The number of hydrogen-bond donors (Lipinski definition) is 6. The van der Waals surface area contributed by atoms with Gasteiger partial charge in [0.1, 0.15) is 24.4 Å². The van der Waals surface area contributed by atoms with Crippen LogP contribution in [0.5, 0.6) is 5.75 Å². The molecule has 2 atom stereocenters. The summed E-state index contributed by atoms with van der Waals surface area (Å²) in [6.07, 6.45) is 1.85. The zero-order valence-electron chi connectivity index (χ0n) is 29.9. The number of aliphatic hydroxyl groups is 1. The predicted molar refractivity (Wildman–Crippen MR) is 204 cm³/mol. The number of halogens is 1. The lowest BCUT2D eigenvalue weighted by Gasteiger charge is -2.29. The minimum Gasteiger partial charge on any atom is -0.507 e. The van der Waals surface area contributed by atoms with Crippen LogP contribution in [0.1, 0.15) is 51.8 Å². The van der Waals surface area contributed by atoms with Gasteiger partial charge in [-0.1, -0.05) is 54.1 Å². The fourth-order valence-electron chi connectivity index (χ4n) is 6.51. The normalized spacial score (nSPS) is 16.9. The molecule has 5 amide bonds. The number of fused-ring (bicyclic) bond motifs is 5. The highest BCUT2D eigenvalue weighted by Crippen LogP contribution is 2.47. The molecule has 0 aromatic heterocycles. The van der Waals surface area contributed by atoms with Gasteiger partial charge in [-0.2, -0.15) is 0 Å². The first-order chi connectivity index (χ1) is 26.4. The van der Waals surface area contributed by atoms with E-state index in [1.165, 1.54) is 18.0 Å². The number of hydrogen-bond acceptors (Lipinski definition) is 8. The molecule has 284 valence electrons. The SMILES string of the molecule is CN(C(=O)CNC(=O)c1ccc(-c2ccc(Cl)cc2)cc1)C1C(=O)NCC(=O)NC(C(=O)NCC(=O)CO)Cc2ccc(O)c(c2)-c2cc1ccc2C1CC1. The molecule has 0 spiro atoms. The average Bonchev–Trinajstić information content (AvgIpc) is 4.04. The van der Waals surface area contributed by atoms with Crippen LogP contribution in [0, 0.1) is 0 Å². The Hall–Kier alpha value is -6.05. The number of ketones is 1. The number of amides is 5. The van der Waals surface area contributed by atoms with Crippen molar-refractivity contribution in [3.8, 4) is 28.0 Å². The lowest BCUT2D eigenvalue weighted by molar-refractivity contribution is -0.139. The quantitative estimate of drug-likeness (QED) is 0.142. The number of carbonyl (C=O) groups is 6. The third-order valence-corrected chi connectivity index (χ3v) is 9.92. The van der Waals surface area contributed by atoms with Crippen molar-refractivity contribution in [1.82, 2.24) is 26.2 Å². The molecule has 13 nitrogen and oxygen atoms in total. The van der Waals surface area contributed by atoms with Crippen molar-refractivity contribution in [2.75, 3.05) is 33.3 Å². The van der Waals surface area contributed by atoms with Crippen LogP contribution >= 0.6 is 11.6 Å². The van der Waals surface area contributed by atoms with E-state index in [-0.39, 0.29) is 18.1 Å². The molecular weight excluding hydrogens is 726 g/mol. The van der Waals surface area contributed by atoms with Gasteiger partial charge in [-0.25, -0.2) is 0 Å². The van der Waals surface area contributed by atoms with E-state index >= 15 is 0 Å². The Morgan fingerprint density at radius 1 is 0.855 bits per heavy atom. The summed E-state index contributed by atoms with van der Waals surface area (Å²) in [6, 6.07) is 21.8. The molecule has 4 aromatic rings. The van der Waals surface area contributed by atoms with Gasteiger partial charge in [-0.3, -0.25) is 28.8 Å². The number of aliphatic hydroxyl groups excluding tert-OH is 1. The van der Waals surface area contributed by atoms with Crippen molar-refractivity contribution in [3.63, 3.8) is 0 Å². The second kappa shape index (κ2) is 17.0. The number of phenolic OH excluding ortho intramolecular Hbond substituents is 1. The molecular formula is C41H40ClN5O8. The molecule has 1 saturated carbocycles.